The lowest BCUT2D eigenvalue weighted by Gasteiger charge is -2.31. The summed E-state index contributed by atoms with van der Waals surface area (Å²) < 4.78 is 1.91. The van der Waals surface area contributed by atoms with E-state index in [0.29, 0.717) is 11.4 Å². The van der Waals surface area contributed by atoms with Gasteiger partial charge in [0.1, 0.15) is 12.4 Å². The van der Waals surface area contributed by atoms with Crippen molar-refractivity contribution in [1.29, 1.82) is 0 Å². The maximum Gasteiger partial charge on any atom is 0.251 e. The molecule has 0 unspecified atom stereocenters. The predicted molar refractivity (Wildman–Crippen MR) is 124 cm³/mol. The minimum atomic E-state index is -0.145. The molecule has 1 heterocycles. The van der Waals surface area contributed by atoms with E-state index < -0.39 is 0 Å². The summed E-state index contributed by atoms with van der Waals surface area (Å²) in [7, 11) is 0. The summed E-state index contributed by atoms with van der Waals surface area (Å²) in [5, 5.41) is 2.98. The van der Waals surface area contributed by atoms with Crippen LogP contribution in [0.3, 0.4) is 0 Å². The Bertz CT molecular complexity index is 1090. The van der Waals surface area contributed by atoms with Gasteiger partial charge in [0.05, 0.1) is 17.6 Å². The molecule has 1 N–H and O–H groups in total. The smallest absolute Gasteiger partial charge is 0.251 e. The zero-order valence-corrected chi connectivity index (χ0v) is 19.3. The molecule has 31 heavy (non-hydrogen) atoms. The Labute approximate surface area is 184 Å². The van der Waals surface area contributed by atoms with E-state index in [1.54, 1.807) is 0 Å². The van der Waals surface area contributed by atoms with E-state index in [1.807, 2.05) is 93.5 Å². The van der Waals surface area contributed by atoms with Gasteiger partial charge >= 0.3 is 0 Å². The van der Waals surface area contributed by atoms with Crippen molar-refractivity contribution in [3.63, 3.8) is 0 Å². The van der Waals surface area contributed by atoms with Gasteiger partial charge < -0.3 is 14.8 Å². The predicted octanol–water partition coefficient (Wildman–Crippen LogP) is 4.23. The summed E-state index contributed by atoms with van der Waals surface area (Å²) in [6.07, 6.45) is 0. The third-order valence-electron chi connectivity index (χ3n) is 5.46. The van der Waals surface area contributed by atoms with Crippen molar-refractivity contribution >= 4 is 22.8 Å². The van der Waals surface area contributed by atoms with Crippen LogP contribution in [0, 0.1) is 13.8 Å². The van der Waals surface area contributed by atoms with Crippen LogP contribution in [0.4, 0.5) is 0 Å². The van der Waals surface area contributed by atoms with Crippen molar-refractivity contribution < 1.29 is 9.59 Å². The molecule has 0 fully saturated rings. The molecule has 0 atom stereocenters. The zero-order valence-electron chi connectivity index (χ0n) is 19.3. The second kappa shape index (κ2) is 9.33. The number of para-hydroxylation sites is 2. The molecule has 0 spiro atoms. The highest BCUT2D eigenvalue weighted by Gasteiger charge is 2.23. The number of hydrogen-bond donors (Lipinski definition) is 1. The average molecular weight is 421 g/mol. The van der Waals surface area contributed by atoms with Crippen molar-refractivity contribution in [2.45, 2.75) is 66.7 Å². The van der Waals surface area contributed by atoms with E-state index in [0.717, 1.165) is 22.2 Å². The van der Waals surface area contributed by atoms with Crippen LogP contribution in [0.2, 0.25) is 0 Å². The molecule has 0 aliphatic carbocycles. The third-order valence-corrected chi connectivity index (χ3v) is 5.46. The monoisotopic (exact) mass is 420 g/mol. The first-order chi connectivity index (χ1) is 14.7. The molecule has 0 saturated carbocycles. The van der Waals surface area contributed by atoms with Gasteiger partial charge in [-0.1, -0.05) is 29.8 Å². The van der Waals surface area contributed by atoms with E-state index in [9.17, 15) is 9.59 Å². The minimum absolute atomic E-state index is 0.0371. The Hall–Kier alpha value is -3.15. The highest BCUT2D eigenvalue weighted by atomic mass is 16.2. The van der Waals surface area contributed by atoms with E-state index in [2.05, 4.69) is 5.32 Å². The van der Waals surface area contributed by atoms with Crippen molar-refractivity contribution in [3.8, 4) is 0 Å². The minimum Gasteiger partial charge on any atom is -0.345 e. The fourth-order valence-corrected chi connectivity index (χ4v) is 4.15. The van der Waals surface area contributed by atoms with Crippen LogP contribution >= 0.6 is 0 Å². The molecule has 2 amide bonds. The Balaban J connectivity index is 1.87. The summed E-state index contributed by atoms with van der Waals surface area (Å²) >= 11 is 0. The number of carbonyl (C=O) groups is 2. The fraction of sp³-hybridized carbons (Fsp3) is 0.400. The molecular weight excluding hydrogens is 388 g/mol. The number of carbonyl (C=O) groups excluding carboxylic acids is 2. The van der Waals surface area contributed by atoms with E-state index in [4.69, 9.17) is 4.98 Å². The van der Waals surface area contributed by atoms with E-state index in [-0.39, 0.29) is 37.0 Å². The third kappa shape index (κ3) is 4.95. The lowest BCUT2D eigenvalue weighted by molar-refractivity contribution is -0.135. The number of nitrogens with zero attached hydrogens (tertiary/aromatic N) is 3. The van der Waals surface area contributed by atoms with Crippen LogP contribution in [-0.2, 0) is 17.9 Å². The largest absolute Gasteiger partial charge is 0.345 e. The van der Waals surface area contributed by atoms with E-state index in [1.165, 1.54) is 0 Å². The highest BCUT2D eigenvalue weighted by molar-refractivity contribution is 5.95. The number of rotatable bonds is 7. The van der Waals surface area contributed by atoms with Crippen molar-refractivity contribution in [3.05, 3.63) is 65.0 Å². The molecule has 3 aromatic rings. The van der Waals surface area contributed by atoms with Crippen LogP contribution in [0.1, 0.15) is 55.0 Å². The Morgan fingerprint density at radius 1 is 1.03 bits per heavy atom. The summed E-state index contributed by atoms with van der Waals surface area (Å²) in [6, 6.07) is 13.7. The molecule has 164 valence electrons. The summed E-state index contributed by atoms with van der Waals surface area (Å²) in [5.41, 5.74) is 4.40. The molecule has 3 rings (SSSR count). The second-order valence-electron chi connectivity index (χ2n) is 8.59. The van der Waals surface area contributed by atoms with Crippen LogP contribution in [-0.4, -0.2) is 38.3 Å². The fourth-order valence-electron chi connectivity index (χ4n) is 4.15. The number of benzene rings is 2. The lowest BCUT2D eigenvalue weighted by atomic mass is 10.1. The topological polar surface area (TPSA) is 67.2 Å². The molecule has 0 saturated heterocycles. The number of aromatic nitrogens is 2. The van der Waals surface area contributed by atoms with Gasteiger partial charge in [0.15, 0.2) is 0 Å². The first-order valence-corrected chi connectivity index (χ1v) is 10.8. The lowest BCUT2D eigenvalue weighted by Crippen LogP contribution is -2.44. The van der Waals surface area contributed by atoms with Gasteiger partial charge in [0.25, 0.3) is 5.91 Å². The van der Waals surface area contributed by atoms with Crippen molar-refractivity contribution in [2.24, 2.45) is 0 Å². The molecule has 0 aliphatic rings. The summed E-state index contributed by atoms with van der Waals surface area (Å²) in [4.78, 5) is 32.5. The molecule has 1 aromatic heterocycles. The number of aryl methyl sites for hydroxylation is 2. The highest BCUT2D eigenvalue weighted by Crippen LogP contribution is 2.18. The molecular formula is C25H32N4O2. The summed E-state index contributed by atoms with van der Waals surface area (Å²) in [5.74, 6) is 0.559. The zero-order chi connectivity index (χ0) is 22.7. The Morgan fingerprint density at radius 2 is 1.71 bits per heavy atom. The van der Waals surface area contributed by atoms with Gasteiger partial charge in [0, 0.05) is 17.6 Å². The van der Waals surface area contributed by atoms with Crippen LogP contribution in [0.25, 0.3) is 11.0 Å². The number of imidazole rings is 1. The van der Waals surface area contributed by atoms with Gasteiger partial charge in [-0.25, -0.2) is 4.98 Å². The quantitative estimate of drug-likeness (QED) is 0.622. The maximum absolute atomic E-state index is 13.1. The molecule has 6 heteroatoms. The summed E-state index contributed by atoms with van der Waals surface area (Å²) in [6.45, 7) is 12.5. The Morgan fingerprint density at radius 3 is 2.35 bits per heavy atom. The van der Waals surface area contributed by atoms with Crippen LogP contribution in [0.5, 0.6) is 0 Å². The molecule has 0 bridgehead atoms. The first-order valence-electron chi connectivity index (χ1n) is 10.8. The number of nitrogens with one attached hydrogen (secondary N) is 1. The molecule has 0 aliphatic heterocycles. The van der Waals surface area contributed by atoms with Gasteiger partial charge in [0.2, 0.25) is 5.91 Å². The van der Waals surface area contributed by atoms with Gasteiger partial charge in [-0.3, -0.25) is 9.59 Å². The Kier molecular flexibility index (Phi) is 6.78. The van der Waals surface area contributed by atoms with Crippen LogP contribution < -0.4 is 5.32 Å². The number of amides is 2. The van der Waals surface area contributed by atoms with Gasteiger partial charge in [-0.2, -0.15) is 0 Å². The SMILES string of the molecule is Cc1ccc(C(=O)NCc2nc3ccccc3n2CC(=O)N(C(C)C)C(C)C)c(C)c1. The first kappa shape index (κ1) is 22.5. The second-order valence-corrected chi connectivity index (χ2v) is 8.59. The van der Waals surface area contributed by atoms with Gasteiger partial charge in [-0.05, 0) is 65.3 Å². The molecule has 2 aromatic carbocycles. The standard InChI is InChI=1S/C25H32N4O2/c1-16(2)29(17(3)4)24(30)15-28-22-10-8-7-9-21(22)27-23(28)14-26-25(31)20-12-11-18(5)13-19(20)6/h7-13,16-17H,14-15H2,1-6H3,(H,26,31). The van der Waals surface area contributed by atoms with Crippen molar-refractivity contribution in [2.75, 3.05) is 0 Å². The van der Waals surface area contributed by atoms with Gasteiger partial charge in [-0.15, -0.1) is 0 Å². The van der Waals surface area contributed by atoms with Crippen molar-refractivity contribution in [1.82, 2.24) is 19.8 Å². The molecule has 0 radical (unpaired) electrons. The number of hydrogen-bond acceptors (Lipinski definition) is 3. The normalized spacial score (nSPS) is 11.4. The molecule has 6 nitrogen and oxygen atoms in total. The number of fused-ring (bicyclic) bond motifs is 1. The van der Waals surface area contributed by atoms with Crippen LogP contribution in [0.15, 0.2) is 42.5 Å². The maximum atomic E-state index is 13.1. The van der Waals surface area contributed by atoms with E-state index >= 15 is 0 Å². The average Bonchev–Trinajstić information content (AvgIpc) is 3.03.